The number of aromatic amines is 1. The third kappa shape index (κ3) is 4.45. The summed E-state index contributed by atoms with van der Waals surface area (Å²) in [7, 11) is 0. The van der Waals surface area contributed by atoms with Gasteiger partial charge in [0.25, 0.3) is 11.5 Å². The Morgan fingerprint density at radius 2 is 1.61 bits per heavy atom. The average molecular weight is 442 g/mol. The van der Waals surface area contributed by atoms with Crippen LogP contribution in [-0.2, 0) is 4.79 Å². The van der Waals surface area contributed by atoms with Gasteiger partial charge in [0, 0.05) is 11.3 Å². The van der Waals surface area contributed by atoms with Crippen molar-refractivity contribution in [2.75, 3.05) is 11.9 Å². The lowest BCUT2D eigenvalue weighted by Crippen LogP contribution is -2.34. The van der Waals surface area contributed by atoms with Crippen molar-refractivity contribution in [1.82, 2.24) is 14.9 Å². The average Bonchev–Trinajstić information content (AvgIpc) is 2.80. The molecule has 0 saturated carbocycles. The maximum atomic E-state index is 12.9. The summed E-state index contributed by atoms with van der Waals surface area (Å²) in [5.41, 5.74) is 2.38. The summed E-state index contributed by atoms with van der Waals surface area (Å²) >= 11 is 0. The highest BCUT2D eigenvalue weighted by molar-refractivity contribution is 6.01. The molecule has 4 rings (SSSR count). The molecule has 1 heterocycles. The van der Waals surface area contributed by atoms with E-state index >= 15 is 0 Å². The zero-order valence-corrected chi connectivity index (χ0v) is 18.1. The lowest BCUT2D eigenvalue weighted by molar-refractivity contribution is -0.115. The molecule has 3 aromatic carbocycles. The van der Waals surface area contributed by atoms with Crippen molar-refractivity contribution in [3.8, 4) is 5.69 Å². The second-order valence-electron chi connectivity index (χ2n) is 7.66. The number of para-hydroxylation sites is 2. The highest BCUT2D eigenvalue weighted by Crippen LogP contribution is 2.19. The van der Waals surface area contributed by atoms with Crippen molar-refractivity contribution < 1.29 is 9.59 Å². The van der Waals surface area contributed by atoms with Crippen LogP contribution in [0.4, 0.5) is 5.69 Å². The minimum absolute atomic E-state index is 0.217. The summed E-state index contributed by atoms with van der Waals surface area (Å²) in [5.74, 6) is -0.859. The van der Waals surface area contributed by atoms with Gasteiger partial charge in [-0.3, -0.25) is 14.4 Å². The van der Waals surface area contributed by atoms with E-state index in [-0.39, 0.29) is 28.9 Å². The Hall–Kier alpha value is -4.46. The largest absolute Gasteiger partial charge is 0.343 e. The van der Waals surface area contributed by atoms with Crippen LogP contribution in [0.1, 0.15) is 21.5 Å². The topological polar surface area (TPSA) is 113 Å². The molecule has 4 aromatic rings. The van der Waals surface area contributed by atoms with E-state index in [4.69, 9.17) is 0 Å². The predicted molar refractivity (Wildman–Crippen MR) is 127 cm³/mol. The van der Waals surface area contributed by atoms with Crippen molar-refractivity contribution in [3.05, 3.63) is 104 Å². The summed E-state index contributed by atoms with van der Waals surface area (Å²) in [6, 6.07) is 18.6. The van der Waals surface area contributed by atoms with Gasteiger partial charge in [0.2, 0.25) is 5.91 Å². The zero-order valence-electron chi connectivity index (χ0n) is 18.1. The molecule has 166 valence electrons. The number of carbonyl (C=O) groups is 2. The molecule has 8 heteroatoms. The highest BCUT2D eigenvalue weighted by atomic mass is 16.2. The number of hydrogen-bond donors (Lipinski definition) is 3. The smallest absolute Gasteiger partial charge is 0.333 e. The van der Waals surface area contributed by atoms with Crippen LogP contribution >= 0.6 is 0 Å². The van der Waals surface area contributed by atoms with Gasteiger partial charge in [-0.1, -0.05) is 36.4 Å². The number of rotatable bonds is 5. The molecule has 0 radical (unpaired) electrons. The number of aromatic nitrogens is 2. The fourth-order valence-corrected chi connectivity index (χ4v) is 3.63. The molecule has 8 nitrogen and oxygen atoms in total. The summed E-state index contributed by atoms with van der Waals surface area (Å²) < 4.78 is 1.04. The van der Waals surface area contributed by atoms with Crippen molar-refractivity contribution in [1.29, 1.82) is 0 Å². The van der Waals surface area contributed by atoms with Crippen LogP contribution in [0.15, 0.2) is 76.3 Å². The van der Waals surface area contributed by atoms with Crippen molar-refractivity contribution in [3.63, 3.8) is 0 Å². The summed E-state index contributed by atoms with van der Waals surface area (Å²) in [4.78, 5) is 52.9. The van der Waals surface area contributed by atoms with E-state index in [1.807, 2.05) is 32.0 Å². The van der Waals surface area contributed by atoms with E-state index in [9.17, 15) is 19.2 Å². The number of anilines is 1. The zero-order chi connectivity index (χ0) is 23.5. The van der Waals surface area contributed by atoms with Crippen LogP contribution in [0, 0.1) is 13.8 Å². The highest BCUT2D eigenvalue weighted by Gasteiger charge is 2.14. The maximum Gasteiger partial charge on any atom is 0.333 e. The molecular weight excluding hydrogens is 420 g/mol. The first-order valence-corrected chi connectivity index (χ1v) is 10.3. The van der Waals surface area contributed by atoms with Gasteiger partial charge in [-0.05, 0) is 55.3 Å². The number of hydrogen-bond acceptors (Lipinski definition) is 4. The first-order chi connectivity index (χ1) is 15.8. The number of amides is 2. The van der Waals surface area contributed by atoms with E-state index < -0.39 is 17.2 Å². The normalized spacial score (nSPS) is 10.7. The quantitative estimate of drug-likeness (QED) is 0.441. The molecule has 0 saturated heterocycles. The summed E-state index contributed by atoms with van der Waals surface area (Å²) in [5, 5.41) is 5.64. The molecule has 0 unspecified atom stereocenters. The Kier molecular flexibility index (Phi) is 5.91. The van der Waals surface area contributed by atoms with Crippen LogP contribution in [-0.4, -0.2) is 27.9 Å². The Morgan fingerprint density at radius 3 is 2.30 bits per heavy atom. The van der Waals surface area contributed by atoms with Gasteiger partial charge < -0.3 is 15.6 Å². The first-order valence-electron chi connectivity index (χ1n) is 10.3. The Labute approximate surface area is 188 Å². The minimum atomic E-state index is -0.607. The molecule has 0 aliphatic heterocycles. The number of aryl methyl sites for hydroxylation is 2. The molecule has 0 atom stereocenters. The van der Waals surface area contributed by atoms with E-state index in [0.29, 0.717) is 5.69 Å². The number of benzene rings is 3. The Balaban J connectivity index is 1.53. The monoisotopic (exact) mass is 442 g/mol. The molecule has 0 fully saturated rings. The number of fused-ring (bicyclic) bond motifs is 1. The van der Waals surface area contributed by atoms with E-state index in [1.165, 1.54) is 18.2 Å². The molecule has 0 aliphatic carbocycles. The van der Waals surface area contributed by atoms with E-state index in [0.717, 1.165) is 21.4 Å². The SMILES string of the molecule is Cc1cccc(C)c1NC(=O)CNC(=O)c1ccc2c(=O)n(-c3ccccc3)c(=O)[nH]c2c1. The fourth-order valence-electron chi connectivity index (χ4n) is 3.63. The molecule has 33 heavy (non-hydrogen) atoms. The standard InChI is InChI=1S/C25H22N4O4/c1-15-7-6-8-16(2)22(15)28-21(30)14-26-23(31)17-11-12-19-20(13-17)27-25(33)29(24(19)32)18-9-4-3-5-10-18/h3-13H,14H2,1-2H3,(H,26,31)(H,27,33)(H,28,30). The van der Waals surface area contributed by atoms with Gasteiger partial charge in [-0.2, -0.15) is 0 Å². The van der Waals surface area contributed by atoms with Gasteiger partial charge in [-0.15, -0.1) is 0 Å². The van der Waals surface area contributed by atoms with Gasteiger partial charge in [0.1, 0.15) is 0 Å². The number of carbonyl (C=O) groups excluding carboxylic acids is 2. The van der Waals surface area contributed by atoms with Crippen molar-refractivity contribution >= 4 is 28.4 Å². The maximum absolute atomic E-state index is 12.9. The molecule has 1 aromatic heterocycles. The van der Waals surface area contributed by atoms with Crippen LogP contribution < -0.4 is 21.9 Å². The fraction of sp³-hybridized carbons (Fsp3) is 0.120. The number of nitrogens with zero attached hydrogens (tertiary/aromatic N) is 1. The van der Waals surface area contributed by atoms with Gasteiger partial charge >= 0.3 is 5.69 Å². The first kappa shape index (κ1) is 21.8. The van der Waals surface area contributed by atoms with Crippen molar-refractivity contribution in [2.45, 2.75) is 13.8 Å². The van der Waals surface area contributed by atoms with Crippen LogP contribution in [0.2, 0.25) is 0 Å². The van der Waals surface area contributed by atoms with Crippen LogP contribution in [0.25, 0.3) is 16.6 Å². The molecular formula is C25H22N4O4. The Bertz CT molecular complexity index is 1470. The lowest BCUT2D eigenvalue weighted by atomic mass is 10.1. The lowest BCUT2D eigenvalue weighted by Gasteiger charge is -2.12. The molecule has 0 spiro atoms. The molecule has 0 bridgehead atoms. The minimum Gasteiger partial charge on any atom is -0.343 e. The number of nitrogens with one attached hydrogen (secondary N) is 3. The van der Waals surface area contributed by atoms with Gasteiger partial charge in [-0.25, -0.2) is 9.36 Å². The molecule has 0 aliphatic rings. The van der Waals surface area contributed by atoms with E-state index in [2.05, 4.69) is 15.6 Å². The summed E-state index contributed by atoms with van der Waals surface area (Å²) in [6.45, 7) is 3.56. The predicted octanol–water partition coefficient (Wildman–Crippen LogP) is 2.66. The summed E-state index contributed by atoms with van der Waals surface area (Å²) in [6.07, 6.45) is 0. The third-order valence-electron chi connectivity index (χ3n) is 5.33. The molecule has 2 amide bonds. The van der Waals surface area contributed by atoms with Gasteiger partial charge in [0.15, 0.2) is 0 Å². The Morgan fingerprint density at radius 1 is 0.909 bits per heavy atom. The molecule has 3 N–H and O–H groups in total. The number of H-pyrrole nitrogens is 1. The second kappa shape index (κ2) is 8.96. The van der Waals surface area contributed by atoms with E-state index in [1.54, 1.807) is 30.3 Å². The van der Waals surface area contributed by atoms with Gasteiger partial charge in [0.05, 0.1) is 23.1 Å². The van der Waals surface area contributed by atoms with Crippen molar-refractivity contribution in [2.24, 2.45) is 0 Å². The van der Waals surface area contributed by atoms with Crippen LogP contribution in [0.5, 0.6) is 0 Å². The van der Waals surface area contributed by atoms with Crippen LogP contribution in [0.3, 0.4) is 0 Å². The third-order valence-corrected chi connectivity index (χ3v) is 5.33. The second-order valence-corrected chi connectivity index (χ2v) is 7.66.